The molecule has 0 amide bonds. The molecular weight excluding hydrogens is 308 g/mol. The van der Waals surface area contributed by atoms with Crippen molar-refractivity contribution in [2.75, 3.05) is 19.7 Å². The predicted molar refractivity (Wildman–Crippen MR) is 85.0 cm³/mol. The topological polar surface area (TPSA) is 67.4 Å². The summed E-state index contributed by atoms with van der Waals surface area (Å²) < 4.78 is 33.1. The van der Waals surface area contributed by atoms with Gasteiger partial charge in [-0.05, 0) is 43.3 Å². The fraction of sp³-hybridized carbons (Fsp3) is 0.714. The Balaban J connectivity index is 1.89. The van der Waals surface area contributed by atoms with E-state index in [4.69, 9.17) is 4.74 Å². The van der Waals surface area contributed by atoms with Gasteiger partial charge in [0, 0.05) is 25.6 Å². The van der Waals surface area contributed by atoms with Crippen molar-refractivity contribution < 1.29 is 13.2 Å². The minimum Gasteiger partial charge on any atom is -0.378 e. The highest BCUT2D eigenvalue weighted by Crippen LogP contribution is 2.23. The maximum Gasteiger partial charge on any atom is 0.250 e. The molecule has 0 aromatic carbocycles. The lowest BCUT2D eigenvalue weighted by Gasteiger charge is -2.14. The molecule has 1 fully saturated rings. The van der Waals surface area contributed by atoms with Gasteiger partial charge in [0.2, 0.25) is 10.0 Å². The highest BCUT2D eigenvalue weighted by Gasteiger charge is 2.26. The van der Waals surface area contributed by atoms with Crippen molar-refractivity contribution >= 4 is 21.4 Å². The van der Waals surface area contributed by atoms with Crippen LogP contribution in [0.5, 0.6) is 0 Å². The van der Waals surface area contributed by atoms with Crippen molar-refractivity contribution in [3.63, 3.8) is 0 Å². The van der Waals surface area contributed by atoms with Crippen LogP contribution in [0, 0.1) is 5.92 Å². The molecule has 0 bridgehead atoms. The van der Waals surface area contributed by atoms with E-state index in [1.807, 2.05) is 12.3 Å². The number of sulfonamides is 1. The number of rotatable bonds is 8. The second kappa shape index (κ2) is 7.69. The van der Waals surface area contributed by atoms with Crippen LogP contribution in [0.1, 0.15) is 32.3 Å². The Labute approximate surface area is 131 Å². The average Bonchev–Trinajstić information content (AvgIpc) is 3.06. The Bertz CT molecular complexity index is 542. The minimum absolute atomic E-state index is 0.129. The lowest BCUT2D eigenvalue weighted by atomic mass is 10.0. The monoisotopic (exact) mass is 332 g/mol. The fourth-order valence-electron chi connectivity index (χ4n) is 2.33. The van der Waals surface area contributed by atoms with Gasteiger partial charge in [0.05, 0.1) is 6.10 Å². The summed E-state index contributed by atoms with van der Waals surface area (Å²) in [5.74, 6) is 0.269. The van der Waals surface area contributed by atoms with Crippen LogP contribution in [-0.2, 0) is 21.3 Å². The van der Waals surface area contributed by atoms with E-state index in [1.165, 1.54) is 11.3 Å². The van der Waals surface area contributed by atoms with Crippen LogP contribution < -0.4 is 10.0 Å². The summed E-state index contributed by atoms with van der Waals surface area (Å²) in [4.78, 5) is 0. The summed E-state index contributed by atoms with van der Waals surface area (Å²) in [5.41, 5.74) is 1.02. The highest BCUT2D eigenvalue weighted by molar-refractivity contribution is 7.91. The standard InChI is InChI=1S/C14H24N2O3S2/c1-3-5-15-8-12-7-14(20-10-12)21(17,18)16-9-13-4-6-19-11(13)2/h7,10-11,13,15-16H,3-6,8-9H2,1-2H3. The van der Waals surface area contributed by atoms with Gasteiger partial charge >= 0.3 is 0 Å². The molecule has 2 rings (SSSR count). The summed E-state index contributed by atoms with van der Waals surface area (Å²) >= 11 is 1.28. The summed E-state index contributed by atoms with van der Waals surface area (Å²) in [7, 11) is -3.40. The molecule has 7 heteroatoms. The van der Waals surface area contributed by atoms with Crippen LogP contribution in [0.3, 0.4) is 0 Å². The molecule has 0 spiro atoms. The van der Waals surface area contributed by atoms with Gasteiger partial charge in [-0.1, -0.05) is 6.92 Å². The normalized spacial score (nSPS) is 22.8. The van der Waals surface area contributed by atoms with Crippen LogP contribution in [0.4, 0.5) is 0 Å². The molecule has 2 unspecified atom stereocenters. The first-order valence-electron chi connectivity index (χ1n) is 7.42. The molecule has 0 radical (unpaired) electrons. The summed E-state index contributed by atoms with van der Waals surface area (Å²) in [6.45, 7) is 6.93. The molecule has 2 heterocycles. The van der Waals surface area contributed by atoms with Gasteiger partial charge in [-0.15, -0.1) is 11.3 Å². The smallest absolute Gasteiger partial charge is 0.250 e. The lowest BCUT2D eigenvalue weighted by Crippen LogP contribution is -2.31. The molecule has 120 valence electrons. The molecule has 0 saturated carbocycles. The molecule has 0 aliphatic carbocycles. The molecule has 21 heavy (non-hydrogen) atoms. The van der Waals surface area contributed by atoms with Gasteiger partial charge in [-0.3, -0.25) is 0 Å². The first-order chi connectivity index (χ1) is 10.0. The molecule has 1 aliphatic heterocycles. The summed E-state index contributed by atoms with van der Waals surface area (Å²) in [6, 6.07) is 1.75. The minimum atomic E-state index is -3.40. The highest BCUT2D eigenvalue weighted by atomic mass is 32.2. The molecule has 5 nitrogen and oxygen atoms in total. The number of ether oxygens (including phenoxy) is 1. The van der Waals surface area contributed by atoms with Crippen molar-refractivity contribution in [1.82, 2.24) is 10.0 Å². The van der Waals surface area contributed by atoms with E-state index in [9.17, 15) is 8.42 Å². The Morgan fingerprint density at radius 1 is 1.48 bits per heavy atom. The van der Waals surface area contributed by atoms with Crippen LogP contribution in [-0.4, -0.2) is 34.2 Å². The van der Waals surface area contributed by atoms with Crippen LogP contribution >= 0.6 is 11.3 Å². The van der Waals surface area contributed by atoms with Gasteiger partial charge in [-0.2, -0.15) is 0 Å². The largest absolute Gasteiger partial charge is 0.378 e. The van der Waals surface area contributed by atoms with Crippen molar-refractivity contribution in [1.29, 1.82) is 0 Å². The van der Waals surface area contributed by atoms with Gasteiger partial charge in [0.1, 0.15) is 4.21 Å². The molecule has 1 aromatic rings. The molecule has 2 N–H and O–H groups in total. The van der Waals surface area contributed by atoms with Gasteiger partial charge in [0.15, 0.2) is 0 Å². The van der Waals surface area contributed by atoms with Gasteiger partial charge in [-0.25, -0.2) is 13.1 Å². The van der Waals surface area contributed by atoms with Crippen molar-refractivity contribution in [2.24, 2.45) is 5.92 Å². The van der Waals surface area contributed by atoms with E-state index in [2.05, 4.69) is 17.0 Å². The second-order valence-electron chi connectivity index (χ2n) is 5.43. The number of hydrogen-bond acceptors (Lipinski definition) is 5. The number of hydrogen-bond donors (Lipinski definition) is 2. The number of thiophene rings is 1. The first kappa shape index (κ1) is 16.9. The zero-order valence-corrected chi connectivity index (χ0v) is 14.2. The Kier molecular flexibility index (Phi) is 6.19. The third-order valence-electron chi connectivity index (χ3n) is 3.72. The van der Waals surface area contributed by atoms with E-state index in [0.29, 0.717) is 17.3 Å². The summed E-state index contributed by atoms with van der Waals surface area (Å²) in [5, 5.41) is 5.17. The van der Waals surface area contributed by atoms with E-state index >= 15 is 0 Å². The Hall–Kier alpha value is -0.470. The quantitative estimate of drug-likeness (QED) is 0.714. The number of nitrogens with one attached hydrogen (secondary N) is 2. The Morgan fingerprint density at radius 3 is 2.95 bits per heavy atom. The van der Waals surface area contributed by atoms with Gasteiger partial charge < -0.3 is 10.1 Å². The molecule has 1 aromatic heterocycles. The lowest BCUT2D eigenvalue weighted by molar-refractivity contribution is 0.107. The van der Waals surface area contributed by atoms with E-state index in [-0.39, 0.29) is 12.0 Å². The predicted octanol–water partition coefficient (Wildman–Crippen LogP) is 1.95. The van der Waals surface area contributed by atoms with Crippen molar-refractivity contribution in [3.8, 4) is 0 Å². The van der Waals surface area contributed by atoms with Crippen LogP contribution in [0.2, 0.25) is 0 Å². The molecule has 1 aliphatic rings. The molecule has 2 atom stereocenters. The van der Waals surface area contributed by atoms with E-state index in [1.54, 1.807) is 6.07 Å². The summed E-state index contributed by atoms with van der Waals surface area (Å²) in [6.07, 6.45) is 2.11. The third-order valence-corrected chi connectivity index (χ3v) is 6.63. The third kappa shape index (κ3) is 4.75. The zero-order valence-electron chi connectivity index (χ0n) is 12.6. The average molecular weight is 332 g/mol. The van der Waals surface area contributed by atoms with Crippen molar-refractivity contribution in [2.45, 2.75) is 43.5 Å². The second-order valence-corrected chi connectivity index (χ2v) is 8.33. The van der Waals surface area contributed by atoms with Crippen LogP contribution in [0.15, 0.2) is 15.7 Å². The first-order valence-corrected chi connectivity index (χ1v) is 9.78. The van der Waals surface area contributed by atoms with Crippen molar-refractivity contribution in [3.05, 3.63) is 17.0 Å². The SMILES string of the molecule is CCCNCc1csc(S(=O)(=O)NCC2CCOC2C)c1. The maximum absolute atomic E-state index is 12.3. The molecule has 1 saturated heterocycles. The molecular formula is C14H24N2O3S2. The maximum atomic E-state index is 12.3. The van der Waals surface area contributed by atoms with E-state index in [0.717, 1.165) is 31.6 Å². The van der Waals surface area contributed by atoms with Crippen LogP contribution in [0.25, 0.3) is 0 Å². The fourth-order valence-corrected chi connectivity index (χ4v) is 4.68. The Morgan fingerprint density at radius 2 is 2.29 bits per heavy atom. The van der Waals surface area contributed by atoms with E-state index < -0.39 is 10.0 Å². The zero-order chi connectivity index (χ0) is 15.3. The van der Waals surface area contributed by atoms with Gasteiger partial charge in [0.25, 0.3) is 0 Å².